The average Bonchev–Trinajstić information content (AvgIpc) is 2.66. The van der Waals surface area contributed by atoms with Gasteiger partial charge in [0.25, 0.3) is 5.91 Å². The number of hydrogen-bond donors (Lipinski definition) is 0. The van der Waals surface area contributed by atoms with E-state index in [-0.39, 0.29) is 5.91 Å². The molecule has 2 heterocycles. The molecule has 1 fully saturated rings. The summed E-state index contributed by atoms with van der Waals surface area (Å²) in [4.78, 5) is 20.1. The summed E-state index contributed by atoms with van der Waals surface area (Å²) in [6, 6.07) is 17.9. The molecule has 26 heavy (non-hydrogen) atoms. The second kappa shape index (κ2) is 7.20. The lowest BCUT2D eigenvalue weighted by molar-refractivity contribution is 0.0685. The Balaban J connectivity index is 1.83. The molecule has 1 aliphatic heterocycles. The summed E-state index contributed by atoms with van der Waals surface area (Å²) in [5, 5.41) is 0.925. The first-order valence-electron chi connectivity index (χ1n) is 9.07. The van der Waals surface area contributed by atoms with Crippen LogP contribution in [0, 0.1) is 5.92 Å². The van der Waals surface area contributed by atoms with Crippen LogP contribution in [0.25, 0.3) is 22.2 Å². The van der Waals surface area contributed by atoms with E-state index >= 15 is 0 Å². The zero-order valence-electron chi connectivity index (χ0n) is 14.8. The number of carbonyl (C=O) groups excluding carboxylic acids is 1. The summed E-state index contributed by atoms with van der Waals surface area (Å²) >= 11 is 3.52. The molecule has 0 saturated carbocycles. The molecule has 132 valence electrons. The highest BCUT2D eigenvalue weighted by molar-refractivity contribution is 9.10. The van der Waals surface area contributed by atoms with E-state index in [9.17, 15) is 4.79 Å². The number of carbonyl (C=O) groups is 1. The number of amides is 1. The molecule has 1 aliphatic rings. The molecule has 3 aromatic rings. The Kier molecular flexibility index (Phi) is 4.77. The lowest BCUT2D eigenvalue weighted by Gasteiger charge is -2.31. The zero-order valence-corrected chi connectivity index (χ0v) is 16.4. The monoisotopic (exact) mass is 408 g/mol. The van der Waals surface area contributed by atoms with E-state index in [4.69, 9.17) is 4.98 Å². The summed E-state index contributed by atoms with van der Waals surface area (Å²) in [5.74, 6) is 0.678. The van der Waals surface area contributed by atoms with Crippen LogP contribution in [0.5, 0.6) is 0 Å². The van der Waals surface area contributed by atoms with Gasteiger partial charge in [0.2, 0.25) is 0 Å². The zero-order chi connectivity index (χ0) is 18.1. The van der Waals surface area contributed by atoms with Gasteiger partial charge in [-0.25, -0.2) is 4.98 Å². The maximum absolute atomic E-state index is 13.3. The fourth-order valence-corrected chi connectivity index (χ4v) is 4.09. The molecule has 0 spiro atoms. The molecule has 1 atom stereocenters. The highest BCUT2D eigenvalue weighted by atomic mass is 79.9. The molecule has 4 heteroatoms. The van der Waals surface area contributed by atoms with Gasteiger partial charge in [0.05, 0.1) is 16.8 Å². The first-order chi connectivity index (χ1) is 12.6. The number of halogens is 1. The van der Waals surface area contributed by atoms with Crippen molar-refractivity contribution in [2.45, 2.75) is 19.8 Å². The first-order valence-corrected chi connectivity index (χ1v) is 9.86. The number of piperidine rings is 1. The number of benzene rings is 2. The van der Waals surface area contributed by atoms with Crippen molar-refractivity contribution in [1.29, 1.82) is 0 Å². The Morgan fingerprint density at radius 3 is 2.81 bits per heavy atom. The van der Waals surface area contributed by atoms with E-state index in [0.717, 1.165) is 51.7 Å². The molecule has 1 saturated heterocycles. The fourth-order valence-electron chi connectivity index (χ4n) is 3.69. The predicted molar refractivity (Wildman–Crippen MR) is 109 cm³/mol. The Morgan fingerprint density at radius 1 is 1.15 bits per heavy atom. The number of fused-ring (bicyclic) bond motifs is 1. The van der Waals surface area contributed by atoms with Gasteiger partial charge in [-0.3, -0.25) is 4.79 Å². The van der Waals surface area contributed by atoms with Gasteiger partial charge in [0.1, 0.15) is 0 Å². The van der Waals surface area contributed by atoms with Crippen LogP contribution in [-0.4, -0.2) is 28.9 Å². The number of para-hydroxylation sites is 1. The van der Waals surface area contributed by atoms with Gasteiger partial charge in [-0.05, 0) is 43.0 Å². The number of hydrogen-bond acceptors (Lipinski definition) is 2. The first kappa shape index (κ1) is 17.2. The maximum atomic E-state index is 13.3. The highest BCUT2D eigenvalue weighted by Crippen LogP contribution is 2.28. The largest absolute Gasteiger partial charge is 0.338 e. The Hall–Kier alpha value is -2.20. The summed E-state index contributed by atoms with van der Waals surface area (Å²) < 4.78 is 1.00. The molecule has 1 aromatic heterocycles. The average molecular weight is 409 g/mol. The van der Waals surface area contributed by atoms with E-state index < -0.39 is 0 Å². The van der Waals surface area contributed by atoms with Crippen LogP contribution in [0.15, 0.2) is 59.1 Å². The molecular formula is C22H21BrN2O. The smallest absolute Gasteiger partial charge is 0.254 e. The predicted octanol–water partition coefficient (Wildman–Crippen LogP) is 5.54. The van der Waals surface area contributed by atoms with Crippen molar-refractivity contribution in [1.82, 2.24) is 9.88 Å². The molecule has 0 aliphatic carbocycles. The Morgan fingerprint density at radius 2 is 2.00 bits per heavy atom. The van der Waals surface area contributed by atoms with Crippen LogP contribution in [0.3, 0.4) is 0 Å². The van der Waals surface area contributed by atoms with Gasteiger partial charge in [-0.15, -0.1) is 0 Å². The molecule has 4 rings (SSSR count). The van der Waals surface area contributed by atoms with Crippen molar-refractivity contribution >= 4 is 32.7 Å². The van der Waals surface area contributed by atoms with Crippen molar-refractivity contribution in [2.24, 2.45) is 5.92 Å². The third-order valence-electron chi connectivity index (χ3n) is 5.01. The number of aromatic nitrogens is 1. The summed E-state index contributed by atoms with van der Waals surface area (Å²) in [5.41, 5.74) is 3.45. The minimum atomic E-state index is 0.117. The molecule has 1 unspecified atom stereocenters. The fraction of sp³-hybridized carbons (Fsp3) is 0.273. The summed E-state index contributed by atoms with van der Waals surface area (Å²) in [7, 11) is 0. The molecule has 2 aromatic carbocycles. The second-order valence-electron chi connectivity index (χ2n) is 7.08. The Labute approximate surface area is 162 Å². The van der Waals surface area contributed by atoms with Crippen LogP contribution < -0.4 is 0 Å². The van der Waals surface area contributed by atoms with Gasteiger partial charge in [0.15, 0.2) is 0 Å². The number of rotatable bonds is 2. The van der Waals surface area contributed by atoms with Crippen molar-refractivity contribution in [2.75, 3.05) is 13.1 Å². The third-order valence-corrected chi connectivity index (χ3v) is 5.50. The van der Waals surface area contributed by atoms with E-state index in [0.29, 0.717) is 5.92 Å². The van der Waals surface area contributed by atoms with Crippen LogP contribution in [-0.2, 0) is 0 Å². The molecule has 0 N–H and O–H groups in total. The SMILES string of the molecule is CC1CCCN(C(=O)c2cc(-c3cccc(Br)c3)nc3ccccc23)C1. The summed E-state index contributed by atoms with van der Waals surface area (Å²) in [6.07, 6.45) is 2.28. The van der Waals surface area contributed by atoms with Crippen LogP contribution in [0.2, 0.25) is 0 Å². The van der Waals surface area contributed by atoms with Gasteiger partial charge >= 0.3 is 0 Å². The molecule has 3 nitrogen and oxygen atoms in total. The number of likely N-dealkylation sites (tertiary alicyclic amines) is 1. The lowest BCUT2D eigenvalue weighted by atomic mass is 9.98. The quantitative estimate of drug-likeness (QED) is 0.557. The van der Waals surface area contributed by atoms with Crippen molar-refractivity contribution in [3.8, 4) is 11.3 Å². The Bertz CT molecular complexity index is 969. The highest BCUT2D eigenvalue weighted by Gasteiger charge is 2.24. The van der Waals surface area contributed by atoms with Gasteiger partial charge in [0, 0.05) is 28.5 Å². The normalized spacial score (nSPS) is 17.5. The van der Waals surface area contributed by atoms with E-state index in [1.54, 1.807) is 0 Å². The minimum absolute atomic E-state index is 0.117. The van der Waals surface area contributed by atoms with E-state index in [2.05, 4.69) is 22.9 Å². The maximum Gasteiger partial charge on any atom is 0.254 e. The van der Waals surface area contributed by atoms with Crippen LogP contribution in [0.1, 0.15) is 30.1 Å². The van der Waals surface area contributed by atoms with E-state index in [1.165, 1.54) is 6.42 Å². The molecule has 0 bridgehead atoms. The molecular weight excluding hydrogens is 388 g/mol. The topological polar surface area (TPSA) is 33.2 Å². The third kappa shape index (κ3) is 3.38. The van der Waals surface area contributed by atoms with Gasteiger partial charge in [-0.1, -0.05) is 53.2 Å². The van der Waals surface area contributed by atoms with Gasteiger partial charge < -0.3 is 4.90 Å². The van der Waals surface area contributed by atoms with E-state index in [1.807, 2.05) is 59.5 Å². The standard InChI is InChI=1S/C22H21BrN2O/c1-15-6-5-11-25(14-15)22(26)19-13-21(16-7-4-8-17(23)12-16)24-20-10-3-2-9-18(19)20/h2-4,7-10,12-13,15H,5-6,11,14H2,1H3. The molecule has 1 amide bonds. The number of nitrogens with zero attached hydrogens (tertiary/aromatic N) is 2. The summed E-state index contributed by atoms with van der Waals surface area (Å²) in [6.45, 7) is 3.89. The lowest BCUT2D eigenvalue weighted by Crippen LogP contribution is -2.39. The molecule has 0 radical (unpaired) electrons. The van der Waals surface area contributed by atoms with Crippen molar-refractivity contribution in [3.05, 3.63) is 64.6 Å². The van der Waals surface area contributed by atoms with Crippen molar-refractivity contribution in [3.63, 3.8) is 0 Å². The van der Waals surface area contributed by atoms with Crippen LogP contribution >= 0.6 is 15.9 Å². The van der Waals surface area contributed by atoms with Crippen molar-refractivity contribution < 1.29 is 4.79 Å². The van der Waals surface area contributed by atoms with Crippen LogP contribution in [0.4, 0.5) is 0 Å². The minimum Gasteiger partial charge on any atom is -0.338 e. The van der Waals surface area contributed by atoms with Gasteiger partial charge in [-0.2, -0.15) is 0 Å². The number of pyridine rings is 1. The second-order valence-corrected chi connectivity index (χ2v) is 8.00.